The van der Waals surface area contributed by atoms with Gasteiger partial charge < -0.3 is 14.5 Å². The lowest BCUT2D eigenvalue weighted by Gasteiger charge is -2.32. The van der Waals surface area contributed by atoms with Gasteiger partial charge in [0.1, 0.15) is 0 Å². The Labute approximate surface area is 118 Å². The van der Waals surface area contributed by atoms with Gasteiger partial charge in [-0.05, 0) is 24.3 Å². The fourth-order valence-electron chi connectivity index (χ4n) is 2.08. The number of anilines is 1. The number of carbonyl (C=O) groups is 1. The molecule has 1 saturated heterocycles. The van der Waals surface area contributed by atoms with Crippen LogP contribution >= 0.6 is 11.6 Å². The van der Waals surface area contributed by atoms with Crippen molar-refractivity contribution in [3.63, 3.8) is 0 Å². The van der Waals surface area contributed by atoms with E-state index in [1.807, 2.05) is 43.3 Å². The number of hydrogen-bond donors (Lipinski definition) is 0. The van der Waals surface area contributed by atoms with E-state index in [4.69, 9.17) is 16.3 Å². The molecule has 1 amide bonds. The van der Waals surface area contributed by atoms with E-state index in [1.54, 1.807) is 4.90 Å². The molecule has 0 N–H and O–H groups in total. The highest BCUT2D eigenvalue weighted by Gasteiger charge is 2.24. The van der Waals surface area contributed by atoms with Crippen molar-refractivity contribution < 1.29 is 9.53 Å². The van der Waals surface area contributed by atoms with Crippen LogP contribution in [0.5, 0.6) is 0 Å². The Balaban J connectivity index is 2.06. The van der Waals surface area contributed by atoms with Crippen LogP contribution in [0.25, 0.3) is 0 Å². The second-order valence-corrected chi connectivity index (χ2v) is 5.15. The fourth-order valence-corrected chi connectivity index (χ4v) is 2.27. The van der Waals surface area contributed by atoms with Crippen LogP contribution in [0.3, 0.4) is 0 Å². The Hall–Kier alpha value is -1.26. The average molecular weight is 283 g/mol. The molecular weight excluding hydrogens is 264 g/mol. The van der Waals surface area contributed by atoms with Crippen molar-refractivity contribution in [1.29, 1.82) is 0 Å². The summed E-state index contributed by atoms with van der Waals surface area (Å²) in [4.78, 5) is 16.2. The minimum atomic E-state index is -0.0552. The Bertz CT molecular complexity index is 434. The van der Waals surface area contributed by atoms with Crippen molar-refractivity contribution in [2.75, 3.05) is 44.6 Å². The summed E-state index contributed by atoms with van der Waals surface area (Å²) in [5, 5.41) is 0. The largest absolute Gasteiger partial charge is 0.378 e. The normalized spacial score (nSPS) is 19.3. The second-order valence-electron chi connectivity index (χ2n) is 4.84. The van der Waals surface area contributed by atoms with E-state index >= 15 is 0 Å². The van der Waals surface area contributed by atoms with Gasteiger partial charge in [0, 0.05) is 38.4 Å². The fraction of sp³-hybridized carbons (Fsp3) is 0.500. The number of ether oxygens (including phenoxy) is 1. The third-order valence-electron chi connectivity index (χ3n) is 3.23. The molecule has 1 aromatic rings. The molecule has 5 heteroatoms. The number of carbonyl (C=O) groups excluding carboxylic acids is 1. The SMILES string of the molecule is CN(C)c1ccc(C(=O)N2CCOC(CCl)C2)cc1. The molecule has 19 heavy (non-hydrogen) atoms. The Morgan fingerprint density at radius 2 is 2.11 bits per heavy atom. The van der Waals surface area contributed by atoms with Crippen molar-refractivity contribution >= 4 is 23.2 Å². The van der Waals surface area contributed by atoms with E-state index in [-0.39, 0.29) is 12.0 Å². The molecule has 104 valence electrons. The predicted molar refractivity (Wildman–Crippen MR) is 77.1 cm³/mol. The van der Waals surface area contributed by atoms with Gasteiger partial charge in [-0.15, -0.1) is 11.6 Å². The van der Waals surface area contributed by atoms with Gasteiger partial charge in [0.25, 0.3) is 5.91 Å². The van der Waals surface area contributed by atoms with Gasteiger partial charge in [-0.2, -0.15) is 0 Å². The monoisotopic (exact) mass is 282 g/mol. The van der Waals surface area contributed by atoms with Crippen LogP contribution in [0, 0.1) is 0 Å². The van der Waals surface area contributed by atoms with Crippen LogP contribution < -0.4 is 4.90 Å². The van der Waals surface area contributed by atoms with Crippen LogP contribution in [0.1, 0.15) is 10.4 Å². The molecule has 0 saturated carbocycles. The van der Waals surface area contributed by atoms with E-state index in [2.05, 4.69) is 0 Å². The standard InChI is InChI=1S/C14H19ClN2O2/c1-16(2)12-5-3-11(4-6-12)14(18)17-7-8-19-13(9-15)10-17/h3-6,13H,7-10H2,1-2H3. The maximum atomic E-state index is 12.4. The Morgan fingerprint density at radius 3 is 2.68 bits per heavy atom. The molecule has 1 aromatic carbocycles. The Morgan fingerprint density at radius 1 is 1.42 bits per heavy atom. The highest BCUT2D eigenvalue weighted by Crippen LogP contribution is 2.15. The maximum absolute atomic E-state index is 12.4. The van der Waals surface area contributed by atoms with Gasteiger partial charge in [-0.25, -0.2) is 0 Å². The van der Waals surface area contributed by atoms with Crippen LogP contribution in [-0.4, -0.2) is 56.6 Å². The van der Waals surface area contributed by atoms with Crippen molar-refractivity contribution in [2.45, 2.75) is 6.10 Å². The molecule has 1 fully saturated rings. The molecule has 2 rings (SSSR count). The summed E-state index contributed by atoms with van der Waals surface area (Å²) in [6.07, 6.45) is -0.0552. The third kappa shape index (κ3) is 3.39. The molecule has 0 bridgehead atoms. The summed E-state index contributed by atoms with van der Waals surface area (Å²) in [6, 6.07) is 7.63. The zero-order valence-corrected chi connectivity index (χ0v) is 12.1. The lowest BCUT2D eigenvalue weighted by Crippen LogP contribution is -2.46. The van der Waals surface area contributed by atoms with Crippen LogP contribution in [-0.2, 0) is 4.74 Å². The maximum Gasteiger partial charge on any atom is 0.254 e. The van der Waals surface area contributed by atoms with E-state index in [9.17, 15) is 4.79 Å². The molecule has 4 nitrogen and oxygen atoms in total. The second kappa shape index (κ2) is 6.26. The van der Waals surface area contributed by atoms with Crippen molar-refractivity contribution in [1.82, 2.24) is 4.90 Å². The van der Waals surface area contributed by atoms with Gasteiger partial charge >= 0.3 is 0 Å². The number of halogens is 1. The topological polar surface area (TPSA) is 32.8 Å². The molecule has 0 spiro atoms. The number of nitrogens with zero attached hydrogens (tertiary/aromatic N) is 2. The first-order valence-electron chi connectivity index (χ1n) is 6.36. The predicted octanol–water partition coefficient (Wildman–Crippen LogP) is 1.83. The van der Waals surface area contributed by atoms with Crippen molar-refractivity contribution in [2.24, 2.45) is 0 Å². The number of benzene rings is 1. The molecular formula is C14H19ClN2O2. The highest BCUT2D eigenvalue weighted by atomic mass is 35.5. The minimum Gasteiger partial charge on any atom is -0.378 e. The van der Waals surface area contributed by atoms with Crippen LogP contribution in [0.4, 0.5) is 5.69 Å². The summed E-state index contributed by atoms with van der Waals surface area (Å²) in [6.45, 7) is 1.75. The van der Waals surface area contributed by atoms with E-state index in [1.165, 1.54) is 0 Å². The Kier molecular flexibility index (Phi) is 4.66. The number of morpholine rings is 1. The van der Waals surface area contributed by atoms with E-state index in [0.29, 0.717) is 31.1 Å². The molecule has 0 aliphatic carbocycles. The van der Waals surface area contributed by atoms with Crippen molar-refractivity contribution in [3.05, 3.63) is 29.8 Å². The quantitative estimate of drug-likeness (QED) is 0.793. The molecule has 1 aliphatic rings. The lowest BCUT2D eigenvalue weighted by atomic mass is 10.1. The third-order valence-corrected chi connectivity index (χ3v) is 3.57. The highest BCUT2D eigenvalue weighted by molar-refractivity contribution is 6.18. The van der Waals surface area contributed by atoms with Crippen molar-refractivity contribution in [3.8, 4) is 0 Å². The number of amides is 1. The first-order chi connectivity index (χ1) is 9.11. The smallest absolute Gasteiger partial charge is 0.254 e. The number of rotatable bonds is 3. The zero-order chi connectivity index (χ0) is 13.8. The minimum absolute atomic E-state index is 0.0451. The van der Waals surface area contributed by atoms with Crippen LogP contribution in [0.2, 0.25) is 0 Å². The van der Waals surface area contributed by atoms with Gasteiger partial charge in [0.2, 0.25) is 0 Å². The summed E-state index contributed by atoms with van der Waals surface area (Å²) in [7, 11) is 3.95. The molecule has 1 unspecified atom stereocenters. The number of alkyl halides is 1. The summed E-state index contributed by atoms with van der Waals surface area (Å²) >= 11 is 5.78. The molecule has 0 radical (unpaired) electrons. The summed E-state index contributed by atoms with van der Waals surface area (Å²) < 4.78 is 5.46. The summed E-state index contributed by atoms with van der Waals surface area (Å²) in [5.74, 6) is 0.465. The van der Waals surface area contributed by atoms with E-state index < -0.39 is 0 Å². The molecule has 1 atom stereocenters. The average Bonchev–Trinajstić information content (AvgIpc) is 2.46. The molecule has 1 heterocycles. The first kappa shape index (κ1) is 14.2. The number of hydrogen-bond acceptors (Lipinski definition) is 3. The van der Waals surface area contributed by atoms with Gasteiger partial charge in [-0.1, -0.05) is 0 Å². The summed E-state index contributed by atoms with van der Waals surface area (Å²) in [5.41, 5.74) is 1.79. The van der Waals surface area contributed by atoms with Gasteiger partial charge in [0.05, 0.1) is 18.6 Å². The lowest BCUT2D eigenvalue weighted by molar-refractivity contribution is -0.0108. The van der Waals surface area contributed by atoms with E-state index in [0.717, 1.165) is 5.69 Å². The van der Waals surface area contributed by atoms with Gasteiger partial charge in [-0.3, -0.25) is 4.79 Å². The van der Waals surface area contributed by atoms with Crippen LogP contribution in [0.15, 0.2) is 24.3 Å². The molecule has 1 aliphatic heterocycles. The van der Waals surface area contributed by atoms with Gasteiger partial charge in [0.15, 0.2) is 0 Å². The first-order valence-corrected chi connectivity index (χ1v) is 6.89. The molecule has 0 aromatic heterocycles. The zero-order valence-electron chi connectivity index (χ0n) is 11.3.